The first-order valence-corrected chi connectivity index (χ1v) is 10.7. The SMILES string of the molecule is CCOC(=O)C(Cc1cc(C#N)ccc1OC(C)(C)C)(NC(=O)OC(C)(C)C)C(=O)OCC. The van der Waals surface area contributed by atoms with Crippen LogP contribution in [-0.2, 0) is 30.2 Å². The minimum Gasteiger partial charge on any atom is -0.488 e. The molecule has 1 aromatic carbocycles. The topological polar surface area (TPSA) is 124 Å². The molecule has 9 heteroatoms. The molecule has 1 N–H and O–H groups in total. The van der Waals surface area contributed by atoms with E-state index in [9.17, 15) is 19.6 Å². The summed E-state index contributed by atoms with van der Waals surface area (Å²) in [5, 5.41) is 11.8. The van der Waals surface area contributed by atoms with Crippen LogP contribution in [0.1, 0.15) is 66.5 Å². The van der Waals surface area contributed by atoms with Crippen molar-refractivity contribution in [3.05, 3.63) is 29.3 Å². The van der Waals surface area contributed by atoms with Crippen molar-refractivity contribution in [3.63, 3.8) is 0 Å². The number of ether oxygens (including phenoxy) is 4. The van der Waals surface area contributed by atoms with Crippen molar-refractivity contribution in [2.24, 2.45) is 0 Å². The van der Waals surface area contributed by atoms with E-state index in [1.54, 1.807) is 46.8 Å². The van der Waals surface area contributed by atoms with Gasteiger partial charge in [-0.3, -0.25) is 5.32 Å². The molecule has 33 heavy (non-hydrogen) atoms. The molecule has 182 valence electrons. The largest absolute Gasteiger partial charge is 0.488 e. The summed E-state index contributed by atoms with van der Waals surface area (Å²) in [6, 6.07) is 6.65. The lowest BCUT2D eigenvalue weighted by Gasteiger charge is -2.32. The molecule has 0 spiro atoms. The molecule has 1 aromatic rings. The van der Waals surface area contributed by atoms with E-state index in [4.69, 9.17) is 18.9 Å². The molecule has 0 aliphatic heterocycles. The molecule has 1 amide bonds. The molecule has 0 aliphatic carbocycles. The highest BCUT2D eigenvalue weighted by Crippen LogP contribution is 2.30. The molecular weight excluding hydrogens is 428 g/mol. The van der Waals surface area contributed by atoms with Gasteiger partial charge in [-0.25, -0.2) is 14.4 Å². The quantitative estimate of drug-likeness (QED) is 0.353. The van der Waals surface area contributed by atoms with Crippen molar-refractivity contribution in [1.29, 1.82) is 5.26 Å². The number of alkyl carbamates (subject to hydrolysis) is 1. The Morgan fingerprint density at radius 2 is 1.48 bits per heavy atom. The Hall–Kier alpha value is -3.28. The van der Waals surface area contributed by atoms with Crippen molar-refractivity contribution in [3.8, 4) is 11.8 Å². The Balaban J connectivity index is 3.68. The molecule has 9 nitrogen and oxygen atoms in total. The Bertz CT molecular complexity index is 887. The monoisotopic (exact) mass is 462 g/mol. The van der Waals surface area contributed by atoms with Crippen molar-refractivity contribution in [1.82, 2.24) is 5.32 Å². The lowest BCUT2D eigenvalue weighted by atomic mass is 9.89. The number of nitrogens with one attached hydrogen (secondary N) is 1. The van der Waals surface area contributed by atoms with Gasteiger partial charge >= 0.3 is 18.0 Å². The van der Waals surface area contributed by atoms with E-state index in [1.165, 1.54) is 6.07 Å². The number of hydrogen-bond acceptors (Lipinski definition) is 8. The van der Waals surface area contributed by atoms with Gasteiger partial charge in [0.05, 0.1) is 24.8 Å². The van der Waals surface area contributed by atoms with Gasteiger partial charge < -0.3 is 18.9 Å². The van der Waals surface area contributed by atoms with Crippen LogP contribution in [0.4, 0.5) is 4.79 Å². The van der Waals surface area contributed by atoms with Gasteiger partial charge in [0.15, 0.2) is 0 Å². The molecule has 0 atom stereocenters. The Labute approximate surface area is 195 Å². The van der Waals surface area contributed by atoms with Crippen molar-refractivity contribution in [2.75, 3.05) is 13.2 Å². The van der Waals surface area contributed by atoms with Gasteiger partial charge in [0.25, 0.3) is 0 Å². The van der Waals surface area contributed by atoms with Crippen LogP contribution in [0.3, 0.4) is 0 Å². The van der Waals surface area contributed by atoms with Crippen LogP contribution in [0.5, 0.6) is 5.75 Å². The number of hydrogen-bond donors (Lipinski definition) is 1. The van der Waals surface area contributed by atoms with E-state index in [1.807, 2.05) is 26.8 Å². The van der Waals surface area contributed by atoms with E-state index >= 15 is 0 Å². The Morgan fingerprint density at radius 3 is 1.91 bits per heavy atom. The smallest absolute Gasteiger partial charge is 0.409 e. The van der Waals surface area contributed by atoms with Crippen molar-refractivity contribution in [2.45, 2.75) is 78.6 Å². The summed E-state index contributed by atoms with van der Waals surface area (Å²) in [6.07, 6.45) is -1.39. The van der Waals surface area contributed by atoms with Crippen LogP contribution in [-0.4, -0.2) is 48.0 Å². The van der Waals surface area contributed by atoms with E-state index in [0.29, 0.717) is 11.3 Å². The molecule has 1 rings (SSSR count). The molecule has 0 fully saturated rings. The summed E-state index contributed by atoms with van der Waals surface area (Å²) in [6.45, 7) is 13.5. The average Bonchev–Trinajstić information content (AvgIpc) is 2.66. The second-order valence-electron chi connectivity index (χ2n) is 9.30. The van der Waals surface area contributed by atoms with Crippen LogP contribution in [0.2, 0.25) is 0 Å². The molecule has 0 heterocycles. The number of esters is 2. The molecule has 0 unspecified atom stereocenters. The van der Waals surface area contributed by atoms with Crippen LogP contribution in [0.15, 0.2) is 18.2 Å². The third-order valence-electron chi connectivity index (χ3n) is 4.02. The summed E-state index contributed by atoms with van der Waals surface area (Å²) in [5.41, 5.74) is -3.15. The standard InChI is InChI=1S/C24H34N2O7/c1-9-30-19(27)24(20(28)31-10-2,26-21(29)33-23(6,7)8)14-17-13-16(15-25)11-12-18(17)32-22(3,4)5/h11-13H,9-10,14H2,1-8H3,(H,26,29). The fourth-order valence-electron chi connectivity index (χ4n) is 2.86. The van der Waals surface area contributed by atoms with Crippen LogP contribution in [0, 0.1) is 11.3 Å². The third-order valence-corrected chi connectivity index (χ3v) is 4.02. The van der Waals surface area contributed by atoms with Crippen LogP contribution >= 0.6 is 0 Å². The van der Waals surface area contributed by atoms with Gasteiger partial charge in [-0.1, -0.05) is 0 Å². The number of benzene rings is 1. The van der Waals surface area contributed by atoms with Crippen molar-refractivity contribution >= 4 is 18.0 Å². The van der Waals surface area contributed by atoms with Gasteiger partial charge in [-0.15, -0.1) is 0 Å². The molecule has 0 radical (unpaired) electrons. The van der Waals surface area contributed by atoms with Gasteiger partial charge in [-0.2, -0.15) is 5.26 Å². The Kier molecular flexibility index (Phi) is 9.28. The summed E-state index contributed by atoms with van der Waals surface area (Å²) >= 11 is 0. The lowest BCUT2D eigenvalue weighted by Crippen LogP contribution is -2.63. The minimum atomic E-state index is -2.27. The molecule has 0 saturated carbocycles. The molecule has 0 bridgehead atoms. The minimum absolute atomic E-state index is 0.0421. The summed E-state index contributed by atoms with van der Waals surface area (Å²) in [4.78, 5) is 39.0. The third kappa shape index (κ3) is 8.29. The molecule has 0 aromatic heterocycles. The number of carbonyl (C=O) groups excluding carboxylic acids is 3. The predicted molar refractivity (Wildman–Crippen MR) is 121 cm³/mol. The zero-order valence-electron chi connectivity index (χ0n) is 20.7. The van der Waals surface area contributed by atoms with Gasteiger partial charge in [0, 0.05) is 6.42 Å². The number of rotatable bonds is 8. The zero-order chi connectivity index (χ0) is 25.4. The molecular formula is C24H34N2O7. The fourth-order valence-corrected chi connectivity index (χ4v) is 2.86. The number of amides is 1. The molecule has 0 saturated heterocycles. The van der Waals surface area contributed by atoms with Gasteiger partial charge in [-0.05, 0) is 79.2 Å². The lowest BCUT2D eigenvalue weighted by molar-refractivity contribution is -0.166. The average molecular weight is 463 g/mol. The normalized spacial score (nSPS) is 11.7. The van der Waals surface area contributed by atoms with E-state index in [-0.39, 0.29) is 25.2 Å². The van der Waals surface area contributed by atoms with Gasteiger partial charge in [0.2, 0.25) is 5.54 Å². The highest BCUT2D eigenvalue weighted by Gasteiger charge is 2.52. The highest BCUT2D eigenvalue weighted by atomic mass is 16.6. The maximum Gasteiger partial charge on any atom is 0.409 e. The second kappa shape index (κ2) is 11.0. The highest BCUT2D eigenvalue weighted by molar-refractivity contribution is 6.07. The molecule has 0 aliphatic rings. The van der Waals surface area contributed by atoms with Crippen LogP contribution < -0.4 is 10.1 Å². The van der Waals surface area contributed by atoms with Crippen LogP contribution in [0.25, 0.3) is 0 Å². The van der Waals surface area contributed by atoms with Gasteiger partial charge in [0.1, 0.15) is 17.0 Å². The first-order valence-electron chi connectivity index (χ1n) is 10.7. The first-order chi connectivity index (χ1) is 15.2. The fraction of sp³-hybridized carbons (Fsp3) is 0.583. The van der Waals surface area contributed by atoms with E-state index in [2.05, 4.69) is 5.32 Å². The van der Waals surface area contributed by atoms with Crippen molar-refractivity contribution < 1.29 is 33.3 Å². The maximum absolute atomic E-state index is 13.1. The van der Waals surface area contributed by atoms with E-state index < -0.39 is 34.8 Å². The number of nitriles is 1. The summed E-state index contributed by atoms with van der Waals surface area (Å²) < 4.78 is 21.6. The summed E-state index contributed by atoms with van der Waals surface area (Å²) in [5.74, 6) is -1.69. The first kappa shape index (κ1) is 27.8. The Morgan fingerprint density at radius 1 is 0.939 bits per heavy atom. The number of nitrogens with zero attached hydrogens (tertiary/aromatic N) is 1. The zero-order valence-corrected chi connectivity index (χ0v) is 20.7. The number of carbonyl (C=O) groups is 3. The summed E-state index contributed by atoms with van der Waals surface area (Å²) in [7, 11) is 0. The second-order valence-corrected chi connectivity index (χ2v) is 9.30. The van der Waals surface area contributed by atoms with E-state index in [0.717, 1.165) is 0 Å². The maximum atomic E-state index is 13.1. The predicted octanol–water partition coefficient (Wildman–Crippen LogP) is 3.67.